The average Bonchev–Trinajstić information content (AvgIpc) is 3.22. The maximum Gasteiger partial charge on any atom is 0.339 e. The first-order valence-electron chi connectivity index (χ1n) is 6.35. The molecule has 1 aliphatic rings. The molecule has 5 nitrogen and oxygen atoms in total. The fourth-order valence-corrected chi connectivity index (χ4v) is 1.68. The van der Waals surface area contributed by atoms with Crippen LogP contribution in [-0.4, -0.2) is 30.9 Å². The molecule has 1 unspecified atom stereocenters. The quantitative estimate of drug-likeness (QED) is 0.796. The van der Waals surface area contributed by atoms with Crippen molar-refractivity contribution in [2.24, 2.45) is 0 Å². The predicted octanol–water partition coefficient (Wildman–Crippen LogP) is 1.83. The van der Waals surface area contributed by atoms with E-state index >= 15 is 0 Å². The number of hydrogen-bond donors (Lipinski definition) is 1. The molecule has 0 spiro atoms. The van der Waals surface area contributed by atoms with E-state index in [9.17, 15) is 9.90 Å². The number of carbonyl (C=O) groups is 1. The van der Waals surface area contributed by atoms with E-state index in [2.05, 4.69) is 0 Å². The van der Waals surface area contributed by atoms with E-state index in [4.69, 9.17) is 14.2 Å². The van der Waals surface area contributed by atoms with Crippen LogP contribution >= 0.6 is 0 Å². The van der Waals surface area contributed by atoms with Crippen LogP contribution < -0.4 is 9.47 Å². The monoisotopic (exact) mass is 266 g/mol. The molecule has 19 heavy (non-hydrogen) atoms. The van der Waals surface area contributed by atoms with E-state index in [0.29, 0.717) is 17.1 Å². The van der Waals surface area contributed by atoms with Gasteiger partial charge in [-0.05, 0) is 37.5 Å². The van der Waals surface area contributed by atoms with Crippen molar-refractivity contribution in [1.82, 2.24) is 0 Å². The van der Waals surface area contributed by atoms with E-state index in [1.165, 1.54) is 0 Å². The Labute approximate surface area is 112 Å². The topological polar surface area (TPSA) is 65.0 Å². The van der Waals surface area contributed by atoms with E-state index in [0.717, 1.165) is 12.8 Å². The summed E-state index contributed by atoms with van der Waals surface area (Å²) in [5, 5.41) is 9.89. The molecular weight excluding hydrogens is 248 g/mol. The fraction of sp³-hybridized carbons (Fsp3) is 0.500. The van der Waals surface area contributed by atoms with E-state index in [-0.39, 0.29) is 12.7 Å². The molecule has 0 aromatic heterocycles. The van der Waals surface area contributed by atoms with Crippen LogP contribution in [0.5, 0.6) is 11.5 Å². The van der Waals surface area contributed by atoms with Gasteiger partial charge in [-0.3, -0.25) is 0 Å². The number of rotatable bonds is 6. The summed E-state index contributed by atoms with van der Waals surface area (Å²) in [6.07, 6.45) is 0.957. The fourth-order valence-electron chi connectivity index (χ4n) is 1.68. The summed E-state index contributed by atoms with van der Waals surface area (Å²) in [6.45, 7) is 1.93. The van der Waals surface area contributed by atoms with Crippen molar-refractivity contribution in [3.05, 3.63) is 23.8 Å². The van der Waals surface area contributed by atoms with Gasteiger partial charge in [-0.2, -0.15) is 0 Å². The molecule has 0 amide bonds. The molecule has 1 aliphatic carbocycles. The number of methoxy groups -OCH3 is 1. The summed E-state index contributed by atoms with van der Waals surface area (Å²) in [7, 11) is 1.55. The highest BCUT2D eigenvalue weighted by atomic mass is 16.5. The van der Waals surface area contributed by atoms with Gasteiger partial charge in [0.05, 0.1) is 19.8 Å². The molecule has 1 N–H and O–H groups in total. The van der Waals surface area contributed by atoms with Gasteiger partial charge in [-0.1, -0.05) is 6.07 Å². The first-order valence-corrected chi connectivity index (χ1v) is 6.35. The first-order chi connectivity index (χ1) is 9.15. The Morgan fingerprint density at radius 1 is 1.42 bits per heavy atom. The van der Waals surface area contributed by atoms with E-state index in [1.807, 2.05) is 0 Å². The summed E-state index contributed by atoms with van der Waals surface area (Å²) < 4.78 is 15.7. The standard InChI is InChI=1S/C14H18O5/c1-3-18-14(16)13(15)9-4-7-11(17-2)12(8-9)19-10-5-6-10/h4,7-8,10,13,15H,3,5-6H2,1-2H3. The highest BCUT2D eigenvalue weighted by Gasteiger charge is 2.26. The Hall–Kier alpha value is -1.75. The SMILES string of the molecule is CCOC(=O)C(O)c1ccc(OC)c(OC2CC2)c1. The largest absolute Gasteiger partial charge is 0.493 e. The van der Waals surface area contributed by atoms with Crippen LogP contribution in [0.2, 0.25) is 0 Å². The van der Waals surface area contributed by atoms with Crippen LogP contribution in [0.4, 0.5) is 0 Å². The van der Waals surface area contributed by atoms with Gasteiger partial charge < -0.3 is 19.3 Å². The Kier molecular flexibility index (Phi) is 4.27. The molecule has 0 bridgehead atoms. The van der Waals surface area contributed by atoms with Gasteiger partial charge in [-0.15, -0.1) is 0 Å². The third kappa shape index (κ3) is 3.38. The lowest BCUT2D eigenvalue weighted by Crippen LogP contribution is -2.15. The second-order valence-corrected chi connectivity index (χ2v) is 4.38. The van der Waals surface area contributed by atoms with Crippen molar-refractivity contribution in [2.45, 2.75) is 32.0 Å². The molecule has 0 radical (unpaired) electrons. The average molecular weight is 266 g/mol. The molecule has 1 aromatic carbocycles. The zero-order valence-corrected chi connectivity index (χ0v) is 11.1. The summed E-state index contributed by atoms with van der Waals surface area (Å²) in [5.41, 5.74) is 0.440. The highest BCUT2D eigenvalue weighted by molar-refractivity contribution is 5.76. The van der Waals surface area contributed by atoms with Crippen molar-refractivity contribution in [2.75, 3.05) is 13.7 Å². The smallest absolute Gasteiger partial charge is 0.339 e. The van der Waals surface area contributed by atoms with Gasteiger partial charge in [0.2, 0.25) is 0 Å². The molecule has 2 rings (SSSR count). The maximum atomic E-state index is 11.5. The van der Waals surface area contributed by atoms with E-state index in [1.54, 1.807) is 32.2 Å². The lowest BCUT2D eigenvalue weighted by atomic mass is 10.1. The Morgan fingerprint density at radius 2 is 2.16 bits per heavy atom. The third-order valence-corrected chi connectivity index (χ3v) is 2.83. The molecule has 5 heteroatoms. The van der Waals surface area contributed by atoms with Crippen LogP contribution in [0.3, 0.4) is 0 Å². The summed E-state index contributed by atoms with van der Waals surface area (Å²) in [6, 6.07) is 4.93. The van der Waals surface area contributed by atoms with Gasteiger partial charge in [0.15, 0.2) is 17.6 Å². The van der Waals surface area contributed by atoms with Gasteiger partial charge in [-0.25, -0.2) is 4.79 Å². The minimum absolute atomic E-state index is 0.212. The zero-order chi connectivity index (χ0) is 13.8. The van der Waals surface area contributed by atoms with Crippen molar-refractivity contribution < 1.29 is 24.1 Å². The molecule has 0 saturated heterocycles. The lowest BCUT2D eigenvalue weighted by molar-refractivity contribution is -0.153. The highest BCUT2D eigenvalue weighted by Crippen LogP contribution is 2.35. The van der Waals surface area contributed by atoms with Gasteiger partial charge in [0.1, 0.15) is 0 Å². The predicted molar refractivity (Wildman–Crippen MR) is 68.2 cm³/mol. The van der Waals surface area contributed by atoms with E-state index < -0.39 is 12.1 Å². The normalized spacial score (nSPS) is 15.7. The summed E-state index contributed by atoms with van der Waals surface area (Å²) in [5.74, 6) is 0.475. The first kappa shape index (κ1) is 13.7. The van der Waals surface area contributed by atoms with Crippen molar-refractivity contribution >= 4 is 5.97 Å². The molecule has 1 aromatic rings. The molecular formula is C14H18O5. The number of esters is 1. The molecule has 0 aliphatic heterocycles. The Bertz CT molecular complexity index is 453. The molecule has 104 valence electrons. The molecule has 1 fully saturated rings. The summed E-state index contributed by atoms with van der Waals surface area (Å²) in [4.78, 5) is 11.5. The van der Waals surface area contributed by atoms with Crippen LogP contribution in [-0.2, 0) is 9.53 Å². The second kappa shape index (κ2) is 5.93. The number of aliphatic hydroxyl groups is 1. The Balaban J connectivity index is 2.18. The lowest BCUT2D eigenvalue weighted by Gasteiger charge is -2.14. The second-order valence-electron chi connectivity index (χ2n) is 4.38. The molecule has 1 saturated carbocycles. The minimum Gasteiger partial charge on any atom is -0.493 e. The van der Waals surface area contributed by atoms with Gasteiger partial charge >= 0.3 is 5.97 Å². The van der Waals surface area contributed by atoms with Gasteiger partial charge in [0, 0.05) is 0 Å². The number of carbonyl (C=O) groups excluding carboxylic acids is 1. The molecule has 1 atom stereocenters. The van der Waals surface area contributed by atoms with Gasteiger partial charge in [0.25, 0.3) is 0 Å². The van der Waals surface area contributed by atoms with Crippen molar-refractivity contribution in [1.29, 1.82) is 0 Å². The minimum atomic E-state index is -1.30. The number of ether oxygens (including phenoxy) is 3. The van der Waals surface area contributed by atoms with Crippen LogP contribution in [0.15, 0.2) is 18.2 Å². The summed E-state index contributed by atoms with van der Waals surface area (Å²) >= 11 is 0. The number of hydrogen-bond acceptors (Lipinski definition) is 5. The third-order valence-electron chi connectivity index (χ3n) is 2.83. The van der Waals surface area contributed by atoms with Crippen LogP contribution in [0, 0.1) is 0 Å². The van der Waals surface area contributed by atoms with Crippen molar-refractivity contribution in [3.8, 4) is 11.5 Å². The maximum absolute atomic E-state index is 11.5. The Morgan fingerprint density at radius 3 is 2.74 bits per heavy atom. The number of benzene rings is 1. The van der Waals surface area contributed by atoms with Crippen LogP contribution in [0.25, 0.3) is 0 Å². The zero-order valence-electron chi connectivity index (χ0n) is 11.1. The van der Waals surface area contributed by atoms with Crippen LogP contribution in [0.1, 0.15) is 31.4 Å². The number of aliphatic hydroxyl groups excluding tert-OH is 1. The molecule has 0 heterocycles. The van der Waals surface area contributed by atoms with Crippen molar-refractivity contribution in [3.63, 3.8) is 0 Å².